The normalized spacial score (nSPS) is 13.6. The minimum Gasteiger partial charge on any atom is -0.491 e. The van der Waals surface area contributed by atoms with Gasteiger partial charge in [-0.25, -0.2) is 0 Å². The minimum atomic E-state index is -0.976. The summed E-state index contributed by atoms with van der Waals surface area (Å²) in [5, 5.41) is 13.4. The fraction of sp³-hybridized carbons (Fsp3) is 0.417. The van der Waals surface area contributed by atoms with Gasteiger partial charge in [-0.05, 0) is 25.6 Å². The summed E-state index contributed by atoms with van der Waals surface area (Å²) in [7, 11) is 0. The molecule has 0 bridgehead atoms. The number of non-ortho nitro benzene ring substituents is 1. The molecule has 0 fully saturated rings. The van der Waals surface area contributed by atoms with E-state index in [1.54, 1.807) is 6.92 Å². The van der Waals surface area contributed by atoms with Crippen LogP contribution in [0.3, 0.4) is 0 Å². The van der Waals surface area contributed by atoms with Crippen molar-refractivity contribution in [1.82, 2.24) is 5.32 Å². The summed E-state index contributed by atoms with van der Waals surface area (Å²) in [6.07, 6.45) is 0. The quantitative estimate of drug-likeness (QED) is 0.562. The van der Waals surface area contributed by atoms with Crippen molar-refractivity contribution in [2.75, 3.05) is 13.2 Å². The topological polar surface area (TPSA) is 107 Å². The van der Waals surface area contributed by atoms with Gasteiger partial charge in [0.2, 0.25) is 5.91 Å². The highest BCUT2D eigenvalue weighted by Gasteiger charge is 2.30. The number of nitro groups is 1. The van der Waals surface area contributed by atoms with Crippen LogP contribution in [0.5, 0.6) is 5.75 Å². The molecule has 1 aromatic carbocycles. The molecule has 1 aromatic rings. The molecule has 0 aliphatic carbocycles. The second-order valence-electron chi connectivity index (χ2n) is 4.27. The molecule has 1 rings (SSSR count). The van der Waals surface area contributed by atoms with Crippen LogP contribution >= 0.6 is 0 Å². The number of nitrogens with one attached hydrogen (secondary N) is 1. The maximum atomic E-state index is 11.4. The van der Waals surface area contributed by atoms with Crippen molar-refractivity contribution >= 4 is 11.6 Å². The summed E-state index contributed by atoms with van der Waals surface area (Å²) >= 11 is 0. The number of primary amides is 1. The summed E-state index contributed by atoms with van der Waals surface area (Å²) < 4.78 is 5.43. The zero-order valence-electron chi connectivity index (χ0n) is 10.9. The average Bonchev–Trinajstić information content (AvgIpc) is 2.37. The Bertz CT molecular complexity index is 461. The molecule has 104 valence electrons. The van der Waals surface area contributed by atoms with E-state index in [4.69, 9.17) is 10.5 Å². The van der Waals surface area contributed by atoms with Crippen molar-refractivity contribution in [2.24, 2.45) is 5.73 Å². The third-order valence-electron chi connectivity index (χ3n) is 2.69. The number of rotatable bonds is 7. The first kappa shape index (κ1) is 14.9. The number of hydrogen-bond donors (Lipinski definition) is 2. The number of nitro benzene ring substituents is 1. The Morgan fingerprint density at radius 2 is 2.05 bits per heavy atom. The largest absolute Gasteiger partial charge is 0.491 e. The molecule has 3 N–H and O–H groups in total. The number of ether oxygens (including phenoxy) is 1. The predicted octanol–water partition coefficient (Wildman–Crippen LogP) is 0.827. The lowest BCUT2D eigenvalue weighted by Gasteiger charge is -2.26. The van der Waals surface area contributed by atoms with Crippen LogP contribution in [-0.2, 0) is 4.79 Å². The molecule has 7 heteroatoms. The van der Waals surface area contributed by atoms with Crippen LogP contribution in [0.25, 0.3) is 0 Å². The molecule has 7 nitrogen and oxygen atoms in total. The Morgan fingerprint density at radius 1 is 1.47 bits per heavy atom. The summed E-state index contributed by atoms with van der Waals surface area (Å²) in [6, 6.07) is 5.63. The monoisotopic (exact) mass is 267 g/mol. The van der Waals surface area contributed by atoms with Gasteiger partial charge in [0.15, 0.2) is 0 Å². The highest BCUT2D eigenvalue weighted by Crippen LogP contribution is 2.18. The van der Waals surface area contributed by atoms with Gasteiger partial charge in [-0.15, -0.1) is 0 Å². The molecule has 0 aromatic heterocycles. The van der Waals surface area contributed by atoms with E-state index in [0.29, 0.717) is 12.3 Å². The second-order valence-corrected chi connectivity index (χ2v) is 4.27. The molecule has 0 radical (unpaired) electrons. The van der Waals surface area contributed by atoms with Gasteiger partial charge >= 0.3 is 0 Å². The summed E-state index contributed by atoms with van der Waals surface area (Å²) in [5.41, 5.74) is 4.32. The van der Waals surface area contributed by atoms with Crippen LogP contribution in [0.2, 0.25) is 0 Å². The van der Waals surface area contributed by atoms with Gasteiger partial charge in [0.05, 0.1) is 4.92 Å². The summed E-state index contributed by atoms with van der Waals surface area (Å²) in [5.74, 6) is -0.0766. The number of hydrogen-bond acceptors (Lipinski definition) is 5. The van der Waals surface area contributed by atoms with E-state index in [1.165, 1.54) is 24.3 Å². The van der Waals surface area contributed by atoms with Crippen LogP contribution < -0.4 is 15.8 Å². The van der Waals surface area contributed by atoms with Crippen LogP contribution in [-0.4, -0.2) is 29.5 Å². The maximum absolute atomic E-state index is 11.4. The van der Waals surface area contributed by atoms with Gasteiger partial charge in [-0.2, -0.15) is 0 Å². The molecule has 0 saturated heterocycles. The lowest BCUT2D eigenvalue weighted by atomic mass is 10.0. The van der Waals surface area contributed by atoms with E-state index in [1.807, 2.05) is 6.92 Å². The highest BCUT2D eigenvalue weighted by atomic mass is 16.6. The smallest absolute Gasteiger partial charge is 0.269 e. The molecule has 0 spiro atoms. The van der Waals surface area contributed by atoms with E-state index in [9.17, 15) is 14.9 Å². The first-order valence-electron chi connectivity index (χ1n) is 5.81. The molecular formula is C12H17N3O4. The number of carbonyl (C=O) groups is 1. The Morgan fingerprint density at radius 3 is 2.47 bits per heavy atom. The zero-order chi connectivity index (χ0) is 14.5. The third-order valence-corrected chi connectivity index (χ3v) is 2.69. The van der Waals surface area contributed by atoms with Crippen LogP contribution in [0.15, 0.2) is 24.3 Å². The number of likely N-dealkylation sites (N-methyl/N-ethyl adjacent to an activating group) is 1. The third kappa shape index (κ3) is 3.92. The molecular weight excluding hydrogens is 250 g/mol. The van der Waals surface area contributed by atoms with Crippen LogP contribution in [0.4, 0.5) is 5.69 Å². The highest BCUT2D eigenvalue weighted by molar-refractivity contribution is 5.84. The van der Waals surface area contributed by atoms with Gasteiger partial charge in [-0.1, -0.05) is 6.92 Å². The fourth-order valence-electron chi connectivity index (χ4n) is 1.49. The van der Waals surface area contributed by atoms with Crippen molar-refractivity contribution < 1.29 is 14.5 Å². The van der Waals surface area contributed by atoms with Crippen LogP contribution in [0.1, 0.15) is 13.8 Å². The number of carbonyl (C=O) groups excluding carboxylic acids is 1. The molecule has 0 heterocycles. The van der Waals surface area contributed by atoms with Gasteiger partial charge in [0.25, 0.3) is 5.69 Å². The predicted molar refractivity (Wildman–Crippen MR) is 69.9 cm³/mol. The fourth-order valence-corrected chi connectivity index (χ4v) is 1.49. The van der Waals surface area contributed by atoms with E-state index < -0.39 is 16.4 Å². The van der Waals surface area contributed by atoms with Gasteiger partial charge in [0.1, 0.15) is 17.9 Å². The van der Waals surface area contributed by atoms with Crippen molar-refractivity contribution in [3.8, 4) is 5.75 Å². The molecule has 1 atom stereocenters. The molecule has 1 unspecified atom stereocenters. The minimum absolute atomic E-state index is 0.0169. The lowest BCUT2D eigenvalue weighted by molar-refractivity contribution is -0.384. The SMILES string of the molecule is CCNC(C)(COc1ccc([N+](=O)[O-])cc1)C(N)=O. The van der Waals surface area contributed by atoms with Gasteiger partial charge in [0, 0.05) is 12.1 Å². The van der Waals surface area contributed by atoms with Crippen molar-refractivity contribution in [2.45, 2.75) is 19.4 Å². The van der Waals surface area contributed by atoms with Crippen molar-refractivity contribution in [3.63, 3.8) is 0 Å². The Kier molecular flexibility index (Phi) is 4.82. The molecule has 0 aliphatic heterocycles. The molecule has 1 amide bonds. The Balaban J connectivity index is 2.69. The molecule has 0 saturated carbocycles. The Labute approximate surface area is 110 Å². The van der Waals surface area contributed by atoms with Crippen molar-refractivity contribution in [3.05, 3.63) is 34.4 Å². The first-order chi connectivity index (χ1) is 8.89. The Hall–Kier alpha value is -2.15. The lowest BCUT2D eigenvalue weighted by Crippen LogP contribution is -2.57. The van der Waals surface area contributed by atoms with E-state index in [2.05, 4.69) is 5.32 Å². The van der Waals surface area contributed by atoms with E-state index in [-0.39, 0.29) is 12.3 Å². The van der Waals surface area contributed by atoms with Crippen LogP contribution in [0, 0.1) is 10.1 Å². The first-order valence-corrected chi connectivity index (χ1v) is 5.81. The molecule has 19 heavy (non-hydrogen) atoms. The average molecular weight is 267 g/mol. The van der Waals surface area contributed by atoms with Gasteiger partial charge < -0.3 is 15.8 Å². The van der Waals surface area contributed by atoms with E-state index >= 15 is 0 Å². The zero-order valence-corrected chi connectivity index (χ0v) is 10.9. The van der Waals surface area contributed by atoms with Crippen molar-refractivity contribution in [1.29, 1.82) is 0 Å². The maximum Gasteiger partial charge on any atom is 0.269 e. The molecule has 0 aliphatic rings. The summed E-state index contributed by atoms with van der Waals surface area (Å²) in [6.45, 7) is 4.12. The number of nitrogens with zero attached hydrogens (tertiary/aromatic N) is 1. The number of benzene rings is 1. The number of nitrogens with two attached hydrogens (primary N) is 1. The standard InChI is InChI=1S/C12H17N3O4/c1-3-14-12(2,11(13)16)8-19-10-6-4-9(5-7-10)15(17)18/h4-7,14H,3,8H2,1-2H3,(H2,13,16). The van der Waals surface area contributed by atoms with E-state index in [0.717, 1.165) is 0 Å². The summed E-state index contributed by atoms with van der Waals surface area (Å²) in [4.78, 5) is 21.4. The van der Waals surface area contributed by atoms with Gasteiger partial charge in [-0.3, -0.25) is 14.9 Å². The number of amides is 1. The second kappa shape index (κ2) is 6.14.